The lowest BCUT2D eigenvalue weighted by Crippen LogP contribution is -2.52. The second kappa shape index (κ2) is 8.74. The van der Waals surface area contributed by atoms with Crippen molar-refractivity contribution in [3.05, 3.63) is 54.5 Å². The van der Waals surface area contributed by atoms with Gasteiger partial charge in [0.2, 0.25) is 0 Å². The number of aromatic nitrogens is 4. The van der Waals surface area contributed by atoms with Crippen LogP contribution in [0.4, 0.5) is 16.2 Å². The molecule has 0 atom stereocenters. The maximum Gasteiger partial charge on any atom is 0.320 e. The number of pyridine rings is 1. The monoisotopic (exact) mass is 470 g/mol. The third-order valence-corrected chi connectivity index (χ3v) is 7.16. The Balaban J connectivity index is 1.20. The molecule has 0 aliphatic carbocycles. The van der Waals surface area contributed by atoms with Crippen LogP contribution in [0.25, 0.3) is 27.5 Å². The number of carbonyl (C=O) groups excluding carboxylic acids is 1. The Labute approximate surface area is 204 Å². The summed E-state index contributed by atoms with van der Waals surface area (Å²) in [5, 5.41) is 10.0. The summed E-state index contributed by atoms with van der Waals surface area (Å²) in [6.07, 6.45) is 6.70. The van der Waals surface area contributed by atoms with Crippen molar-refractivity contribution >= 4 is 44.9 Å². The van der Waals surface area contributed by atoms with E-state index in [9.17, 15) is 4.79 Å². The number of hydrogen-bond acceptors (Lipinski definition) is 5. The second-order valence-corrected chi connectivity index (χ2v) is 9.47. The van der Waals surface area contributed by atoms with Gasteiger partial charge >= 0.3 is 6.03 Å². The van der Waals surface area contributed by atoms with E-state index in [1.54, 1.807) is 0 Å². The van der Waals surface area contributed by atoms with Crippen LogP contribution < -0.4 is 5.32 Å². The first-order valence-corrected chi connectivity index (χ1v) is 12.1. The number of nitrogens with one attached hydrogen (secondary N) is 2. The Morgan fingerprint density at radius 3 is 2.69 bits per heavy atom. The molecule has 180 valence electrons. The maximum absolute atomic E-state index is 12.9. The number of carbonyl (C=O) groups is 1. The zero-order valence-corrected chi connectivity index (χ0v) is 20.2. The fraction of sp³-hybridized carbons (Fsp3) is 0.346. The van der Waals surface area contributed by atoms with Crippen LogP contribution in [0.3, 0.4) is 0 Å². The summed E-state index contributed by atoms with van der Waals surface area (Å²) < 4.78 is 1.87. The fourth-order valence-electron chi connectivity index (χ4n) is 4.99. The average Bonchev–Trinajstić information content (AvgIpc) is 3.48. The minimum absolute atomic E-state index is 0.156. The summed E-state index contributed by atoms with van der Waals surface area (Å²) in [7, 11) is 4.05. The van der Waals surface area contributed by atoms with E-state index in [1.807, 2.05) is 40.0 Å². The molecule has 6 rings (SSSR count). The fourth-order valence-corrected chi connectivity index (χ4v) is 4.99. The van der Waals surface area contributed by atoms with Crippen molar-refractivity contribution in [2.45, 2.75) is 6.42 Å². The van der Waals surface area contributed by atoms with Crippen LogP contribution in [0, 0.1) is 0 Å². The number of fused-ring (bicyclic) bond motifs is 2. The van der Waals surface area contributed by atoms with E-state index in [2.05, 4.69) is 62.7 Å². The summed E-state index contributed by atoms with van der Waals surface area (Å²) in [6, 6.07) is 10.6. The van der Waals surface area contributed by atoms with Crippen LogP contribution in [0.5, 0.6) is 0 Å². The molecule has 2 aliphatic heterocycles. The topological polar surface area (TPSA) is 85.3 Å². The highest BCUT2D eigenvalue weighted by atomic mass is 16.2. The molecule has 3 aromatic heterocycles. The second-order valence-electron chi connectivity index (χ2n) is 9.47. The number of likely N-dealkylation sites (N-methyl/N-ethyl adjacent to an activating group) is 1. The highest BCUT2D eigenvalue weighted by molar-refractivity contribution is 5.95. The van der Waals surface area contributed by atoms with E-state index < -0.39 is 0 Å². The molecule has 0 bridgehead atoms. The molecule has 2 N–H and O–H groups in total. The van der Waals surface area contributed by atoms with E-state index in [4.69, 9.17) is 0 Å². The van der Waals surface area contributed by atoms with E-state index in [0.717, 1.165) is 78.1 Å². The van der Waals surface area contributed by atoms with Crippen LogP contribution in [-0.4, -0.2) is 86.8 Å². The first-order chi connectivity index (χ1) is 17.0. The number of urea groups is 1. The Hall–Kier alpha value is -3.85. The molecule has 9 heteroatoms. The standard InChI is InChI=1S/C26H30N8O/c1-31-11-13-34(14-12-31)26(35)33-9-6-18(7-10-33)23-16-21-22(5-8-27-25(21)30-23)29-20-3-4-24-19(15-20)17-28-32(24)2/h3-6,8,15-17H,7,9-14H2,1-2H3,(H2,27,29,30). The molecule has 1 aromatic carbocycles. The lowest BCUT2D eigenvalue weighted by Gasteiger charge is -2.37. The molecule has 0 radical (unpaired) electrons. The number of piperazine rings is 1. The van der Waals surface area contributed by atoms with Gasteiger partial charge in [-0.1, -0.05) is 6.08 Å². The van der Waals surface area contributed by atoms with Gasteiger partial charge in [-0.2, -0.15) is 5.10 Å². The van der Waals surface area contributed by atoms with Crippen molar-refractivity contribution < 1.29 is 4.79 Å². The van der Waals surface area contributed by atoms with Gasteiger partial charge in [0.25, 0.3) is 0 Å². The number of anilines is 2. The first-order valence-electron chi connectivity index (χ1n) is 12.1. The van der Waals surface area contributed by atoms with E-state index in [0.29, 0.717) is 6.54 Å². The van der Waals surface area contributed by atoms with Crippen LogP contribution in [-0.2, 0) is 7.05 Å². The molecule has 5 heterocycles. The number of H-pyrrole nitrogens is 1. The first kappa shape index (κ1) is 21.7. The van der Waals surface area contributed by atoms with Crippen molar-refractivity contribution in [2.75, 3.05) is 51.6 Å². The summed E-state index contributed by atoms with van der Waals surface area (Å²) in [6.45, 7) is 4.86. The molecular weight excluding hydrogens is 440 g/mol. The lowest BCUT2D eigenvalue weighted by molar-refractivity contribution is 0.125. The summed E-state index contributed by atoms with van der Waals surface area (Å²) in [5.74, 6) is 0. The van der Waals surface area contributed by atoms with Gasteiger partial charge in [0, 0.05) is 74.7 Å². The van der Waals surface area contributed by atoms with Crippen LogP contribution in [0.15, 0.2) is 48.8 Å². The van der Waals surface area contributed by atoms with Crippen LogP contribution in [0.2, 0.25) is 0 Å². The van der Waals surface area contributed by atoms with Crippen molar-refractivity contribution in [1.82, 2.24) is 34.4 Å². The van der Waals surface area contributed by atoms with Gasteiger partial charge in [-0.05, 0) is 49.4 Å². The Kier molecular flexibility index (Phi) is 5.41. The number of amides is 2. The van der Waals surface area contributed by atoms with Crippen LogP contribution >= 0.6 is 0 Å². The molecule has 2 amide bonds. The Morgan fingerprint density at radius 1 is 1.03 bits per heavy atom. The van der Waals surface area contributed by atoms with Crippen molar-refractivity contribution in [2.24, 2.45) is 7.05 Å². The quantitative estimate of drug-likeness (QED) is 0.478. The Morgan fingerprint density at radius 2 is 1.89 bits per heavy atom. The lowest BCUT2D eigenvalue weighted by atomic mass is 10.0. The number of aryl methyl sites for hydroxylation is 1. The minimum Gasteiger partial charge on any atom is -0.355 e. The highest BCUT2D eigenvalue weighted by Gasteiger charge is 2.26. The minimum atomic E-state index is 0.156. The van der Waals surface area contributed by atoms with E-state index in [-0.39, 0.29) is 6.03 Å². The molecule has 0 saturated carbocycles. The van der Waals surface area contributed by atoms with E-state index >= 15 is 0 Å². The number of rotatable bonds is 3. The maximum atomic E-state index is 12.9. The SMILES string of the molecule is CN1CCN(C(=O)N2CC=C(c3cc4c(Nc5ccc6c(cnn6C)c5)ccnc4[nH]3)CC2)CC1. The van der Waals surface area contributed by atoms with Gasteiger partial charge in [-0.15, -0.1) is 0 Å². The zero-order chi connectivity index (χ0) is 23.9. The highest BCUT2D eigenvalue weighted by Crippen LogP contribution is 2.31. The molecule has 2 aliphatic rings. The third-order valence-electron chi connectivity index (χ3n) is 7.16. The number of benzene rings is 1. The molecule has 35 heavy (non-hydrogen) atoms. The number of aromatic amines is 1. The number of hydrogen-bond donors (Lipinski definition) is 2. The van der Waals surface area contributed by atoms with Gasteiger partial charge in [0.1, 0.15) is 5.65 Å². The van der Waals surface area contributed by atoms with Crippen molar-refractivity contribution in [3.63, 3.8) is 0 Å². The molecular formula is C26H30N8O. The van der Waals surface area contributed by atoms with Gasteiger partial charge in [0.15, 0.2) is 0 Å². The van der Waals surface area contributed by atoms with Crippen molar-refractivity contribution in [3.8, 4) is 0 Å². The van der Waals surface area contributed by atoms with Crippen molar-refractivity contribution in [1.29, 1.82) is 0 Å². The van der Waals surface area contributed by atoms with Gasteiger partial charge in [0.05, 0.1) is 17.4 Å². The molecule has 0 unspecified atom stereocenters. The van der Waals surface area contributed by atoms with Crippen LogP contribution in [0.1, 0.15) is 12.1 Å². The Bertz CT molecular complexity index is 1430. The molecule has 9 nitrogen and oxygen atoms in total. The normalized spacial score (nSPS) is 17.3. The summed E-state index contributed by atoms with van der Waals surface area (Å²) in [4.78, 5) is 27.2. The summed E-state index contributed by atoms with van der Waals surface area (Å²) >= 11 is 0. The molecule has 0 spiro atoms. The average molecular weight is 471 g/mol. The van der Waals surface area contributed by atoms with E-state index in [1.165, 1.54) is 5.57 Å². The molecule has 1 fully saturated rings. The summed E-state index contributed by atoms with van der Waals surface area (Å²) in [5.41, 5.74) is 6.26. The third kappa shape index (κ3) is 4.12. The van der Waals surface area contributed by atoms with Gasteiger partial charge in [-0.25, -0.2) is 9.78 Å². The molecule has 4 aromatic rings. The largest absolute Gasteiger partial charge is 0.355 e. The zero-order valence-electron chi connectivity index (χ0n) is 20.2. The molecule has 1 saturated heterocycles. The predicted molar refractivity (Wildman–Crippen MR) is 139 cm³/mol. The predicted octanol–water partition coefficient (Wildman–Crippen LogP) is 3.65. The van der Waals surface area contributed by atoms with Gasteiger partial charge in [-0.3, -0.25) is 4.68 Å². The number of nitrogens with zero attached hydrogens (tertiary/aromatic N) is 6. The smallest absolute Gasteiger partial charge is 0.320 e. The van der Waals surface area contributed by atoms with Gasteiger partial charge < -0.3 is 25.0 Å².